The molecule has 0 bridgehead atoms. The molecule has 1 aromatic rings. The molecule has 0 aromatic heterocycles. The molecule has 0 aliphatic heterocycles. The zero-order chi connectivity index (χ0) is 13.0. The highest BCUT2D eigenvalue weighted by Crippen LogP contribution is 2.27. The molecule has 98 valence electrons. The van der Waals surface area contributed by atoms with Crippen LogP contribution >= 0.6 is 0 Å². The van der Waals surface area contributed by atoms with Crippen LogP contribution in [0.15, 0.2) is 24.3 Å². The lowest BCUT2D eigenvalue weighted by Gasteiger charge is -2.28. The minimum absolute atomic E-state index is 0.459. The number of para-hydroxylation sites is 1. The zero-order valence-electron chi connectivity index (χ0n) is 10.6. The van der Waals surface area contributed by atoms with Crippen LogP contribution in [0, 0.1) is 0 Å². The number of rotatable bonds is 6. The zero-order valence-corrected chi connectivity index (χ0v) is 10.6. The maximum atomic E-state index is 11.4. The summed E-state index contributed by atoms with van der Waals surface area (Å²) in [6.07, 6.45) is 3.54. The number of carbonyl (C=O) groups is 1. The number of carboxylic acids is 1. The van der Waals surface area contributed by atoms with Gasteiger partial charge in [0.25, 0.3) is 0 Å². The molecule has 4 heteroatoms. The van der Waals surface area contributed by atoms with Crippen LogP contribution in [0.3, 0.4) is 0 Å². The van der Waals surface area contributed by atoms with Gasteiger partial charge in [-0.2, -0.15) is 0 Å². The van der Waals surface area contributed by atoms with Crippen molar-refractivity contribution in [3.63, 3.8) is 0 Å². The molecule has 18 heavy (non-hydrogen) atoms. The minimum atomic E-state index is -0.814. The summed E-state index contributed by atoms with van der Waals surface area (Å²) in [6.45, 7) is 0.459. The number of methoxy groups -OCH3 is 1. The molecule has 4 nitrogen and oxygen atoms in total. The van der Waals surface area contributed by atoms with E-state index in [9.17, 15) is 9.90 Å². The Morgan fingerprint density at radius 2 is 2.22 bits per heavy atom. The monoisotopic (exact) mass is 249 g/mol. The van der Waals surface area contributed by atoms with Crippen LogP contribution < -0.4 is 10.1 Å². The average Bonchev–Trinajstić information content (AvgIpc) is 2.32. The second-order valence-corrected chi connectivity index (χ2v) is 4.67. The standard InChI is InChI=1S/C14H19NO3/c1-18-13-8-3-2-7-11(13)12(14(16)17)9-15-10-5-4-6-10/h2-3,7-8,10,12,15H,4-6,9H2,1H3,(H,16,17). The molecule has 1 fully saturated rings. The minimum Gasteiger partial charge on any atom is -0.496 e. The van der Waals surface area contributed by atoms with Crippen molar-refractivity contribution in [2.75, 3.05) is 13.7 Å². The average molecular weight is 249 g/mol. The Balaban J connectivity index is 2.09. The lowest BCUT2D eigenvalue weighted by atomic mass is 9.91. The maximum Gasteiger partial charge on any atom is 0.312 e. The number of hydrogen-bond donors (Lipinski definition) is 2. The van der Waals surface area contributed by atoms with Crippen molar-refractivity contribution in [1.82, 2.24) is 5.32 Å². The van der Waals surface area contributed by atoms with E-state index >= 15 is 0 Å². The number of benzene rings is 1. The molecule has 1 saturated carbocycles. The van der Waals surface area contributed by atoms with E-state index in [4.69, 9.17) is 4.74 Å². The van der Waals surface area contributed by atoms with Gasteiger partial charge in [-0.15, -0.1) is 0 Å². The first-order valence-electron chi connectivity index (χ1n) is 6.31. The Bertz CT molecular complexity index is 415. The summed E-state index contributed by atoms with van der Waals surface area (Å²) in [6, 6.07) is 7.80. The molecular weight excluding hydrogens is 230 g/mol. The van der Waals surface area contributed by atoms with Gasteiger partial charge < -0.3 is 15.2 Å². The fraction of sp³-hybridized carbons (Fsp3) is 0.500. The second kappa shape index (κ2) is 5.87. The summed E-state index contributed by atoms with van der Waals surface area (Å²) in [4.78, 5) is 11.4. The van der Waals surface area contributed by atoms with E-state index in [2.05, 4.69) is 5.32 Å². The molecule has 1 aliphatic rings. The Labute approximate surface area is 107 Å². The Morgan fingerprint density at radius 3 is 2.78 bits per heavy atom. The Kier molecular flexibility index (Phi) is 4.20. The van der Waals surface area contributed by atoms with Crippen LogP contribution in [-0.4, -0.2) is 30.8 Å². The fourth-order valence-corrected chi connectivity index (χ4v) is 2.18. The van der Waals surface area contributed by atoms with Crippen molar-refractivity contribution < 1.29 is 14.6 Å². The van der Waals surface area contributed by atoms with Crippen molar-refractivity contribution >= 4 is 5.97 Å². The largest absolute Gasteiger partial charge is 0.496 e. The maximum absolute atomic E-state index is 11.4. The van der Waals surface area contributed by atoms with Crippen LogP contribution in [0.1, 0.15) is 30.7 Å². The van der Waals surface area contributed by atoms with Gasteiger partial charge in [-0.3, -0.25) is 4.79 Å². The number of ether oxygens (including phenoxy) is 1. The first kappa shape index (κ1) is 12.9. The van der Waals surface area contributed by atoms with Crippen LogP contribution in [0.5, 0.6) is 5.75 Å². The predicted molar refractivity (Wildman–Crippen MR) is 69.0 cm³/mol. The van der Waals surface area contributed by atoms with E-state index in [1.54, 1.807) is 13.2 Å². The summed E-state index contributed by atoms with van der Waals surface area (Å²) in [7, 11) is 1.57. The van der Waals surface area contributed by atoms with Crippen molar-refractivity contribution in [3.8, 4) is 5.75 Å². The third-order valence-electron chi connectivity index (χ3n) is 3.53. The number of aliphatic carboxylic acids is 1. The third-order valence-corrected chi connectivity index (χ3v) is 3.53. The molecular formula is C14H19NO3. The van der Waals surface area contributed by atoms with Crippen molar-refractivity contribution in [1.29, 1.82) is 0 Å². The predicted octanol–water partition coefficient (Wildman–Crippen LogP) is 2.01. The van der Waals surface area contributed by atoms with E-state index in [1.807, 2.05) is 18.2 Å². The molecule has 1 unspecified atom stereocenters. The third kappa shape index (κ3) is 2.82. The van der Waals surface area contributed by atoms with Crippen LogP contribution in [0.25, 0.3) is 0 Å². The molecule has 0 radical (unpaired) electrons. The van der Waals surface area contributed by atoms with E-state index in [0.717, 1.165) is 18.4 Å². The highest BCUT2D eigenvalue weighted by atomic mass is 16.5. The van der Waals surface area contributed by atoms with Gasteiger partial charge in [0.1, 0.15) is 5.75 Å². The van der Waals surface area contributed by atoms with Gasteiger partial charge in [-0.1, -0.05) is 24.6 Å². The highest BCUT2D eigenvalue weighted by molar-refractivity contribution is 5.77. The highest BCUT2D eigenvalue weighted by Gasteiger charge is 2.25. The molecule has 2 N–H and O–H groups in total. The summed E-state index contributed by atoms with van der Waals surface area (Å²) in [5, 5.41) is 12.7. The number of hydrogen-bond acceptors (Lipinski definition) is 3. The van der Waals surface area contributed by atoms with Crippen molar-refractivity contribution in [3.05, 3.63) is 29.8 Å². The molecule has 2 rings (SSSR count). The van der Waals surface area contributed by atoms with Crippen LogP contribution in [0.4, 0.5) is 0 Å². The molecule has 1 aromatic carbocycles. The lowest BCUT2D eigenvalue weighted by Crippen LogP contribution is -2.39. The number of nitrogens with one attached hydrogen (secondary N) is 1. The van der Waals surface area contributed by atoms with Crippen molar-refractivity contribution in [2.45, 2.75) is 31.2 Å². The van der Waals surface area contributed by atoms with E-state index < -0.39 is 11.9 Å². The van der Waals surface area contributed by atoms with Crippen molar-refractivity contribution in [2.24, 2.45) is 0 Å². The van der Waals surface area contributed by atoms with Gasteiger partial charge in [-0.05, 0) is 18.9 Å². The SMILES string of the molecule is COc1ccccc1C(CNC1CCC1)C(=O)O. The Morgan fingerprint density at radius 1 is 1.50 bits per heavy atom. The van der Waals surface area contributed by atoms with Gasteiger partial charge in [0.05, 0.1) is 13.0 Å². The fourth-order valence-electron chi connectivity index (χ4n) is 2.18. The Hall–Kier alpha value is -1.55. The van der Waals surface area contributed by atoms with Crippen LogP contribution in [0.2, 0.25) is 0 Å². The summed E-state index contributed by atoms with van der Waals surface area (Å²) < 4.78 is 5.23. The molecule has 0 spiro atoms. The topological polar surface area (TPSA) is 58.6 Å². The summed E-state index contributed by atoms with van der Waals surface area (Å²) >= 11 is 0. The van der Waals surface area contributed by atoms with Gasteiger partial charge >= 0.3 is 5.97 Å². The van der Waals surface area contributed by atoms with Gasteiger partial charge in [0, 0.05) is 18.2 Å². The summed E-state index contributed by atoms with van der Waals surface area (Å²) in [5.41, 5.74) is 0.735. The molecule has 1 aliphatic carbocycles. The van der Waals surface area contributed by atoms with E-state index in [0.29, 0.717) is 18.3 Å². The van der Waals surface area contributed by atoms with E-state index in [-0.39, 0.29) is 0 Å². The quantitative estimate of drug-likeness (QED) is 0.809. The second-order valence-electron chi connectivity index (χ2n) is 4.67. The molecule has 0 heterocycles. The van der Waals surface area contributed by atoms with E-state index in [1.165, 1.54) is 6.42 Å². The summed E-state index contributed by atoms with van der Waals surface area (Å²) in [5.74, 6) is -0.728. The smallest absolute Gasteiger partial charge is 0.312 e. The lowest BCUT2D eigenvalue weighted by molar-refractivity contribution is -0.138. The number of carboxylic acid groups (broad SMARTS) is 1. The molecule has 1 atom stereocenters. The first-order chi connectivity index (χ1) is 8.72. The van der Waals surface area contributed by atoms with Gasteiger partial charge in [0.2, 0.25) is 0 Å². The normalized spacial score (nSPS) is 16.9. The van der Waals surface area contributed by atoms with Gasteiger partial charge in [0.15, 0.2) is 0 Å². The van der Waals surface area contributed by atoms with Crippen LogP contribution in [-0.2, 0) is 4.79 Å². The van der Waals surface area contributed by atoms with Gasteiger partial charge in [-0.25, -0.2) is 0 Å². The molecule has 0 amide bonds. The first-order valence-corrected chi connectivity index (χ1v) is 6.31. The molecule has 0 saturated heterocycles.